The smallest absolute Gasteiger partial charge is 0.166 e. The highest BCUT2D eigenvalue weighted by molar-refractivity contribution is 7.78. The number of hydrogen-bond acceptors (Lipinski definition) is 5. The standard InChI is InChI=1S/C26H28N2O2.C2H3NS/c1-25-14-17-16-7-5-6-8-18(16)28(3)22(17)24-26(25)11-12-27(2)20(25)13-15-9-10-19(29-4)23(30-24)21(15)26;1-3-2-4/h5-10,20,24H,11-14H2,1-4H3;1H3. The Balaban J connectivity index is 0.000000507. The zero-order valence-corrected chi connectivity index (χ0v) is 21.3. The molecule has 2 bridgehead atoms. The Hall–Kier alpha value is -2.66. The number of piperidine rings is 1. The van der Waals surface area contributed by atoms with Gasteiger partial charge in [-0.05, 0) is 68.3 Å². The number of methoxy groups -OCH3 is 1. The number of likely N-dealkylation sites (N-methyl/N-ethyl adjacent to an activating group) is 1. The van der Waals surface area contributed by atoms with Gasteiger partial charge in [-0.3, -0.25) is 0 Å². The molecule has 4 atom stereocenters. The summed E-state index contributed by atoms with van der Waals surface area (Å²) < 4.78 is 15.2. The minimum absolute atomic E-state index is 0.0107. The molecule has 0 saturated carbocycles. The maximum absolute atomic E-state index is 6.97. The first kappa shape index (κ1) is 21.8. The Morgan fingerprint density at radius 1 is 1.21 bits per heavy atom. The topological polar surface area (TPSA) is 39.0 Å². The van der Waals surface area contributed by atoms with Crippen LogP contribution in [0.15, 0.2) is 41.4 Å². The lowest BCUT2D eigenvalue weighted by Crippen LogP contribution is -2.68. The molecule has 6 heteroatoms. The van der Waals surface area contributed by atoms with Gasteiger partial charge < -0.3 is 18.9 Å². The van der Waals surface area contributed by atoms with Gasteiger partial charge in [0.2, 0.25) is 0 Å². The largest absolute Gasteiger partial charge is 0.493 e. The van der Waals surface area contributed by atoms with E-state index in [9.17, 15) is 0 Å². The van der Waals surface area contributed by atoms with Gasteiger partial charge in [0.1, 0.15) is 6.10 Å². The van der Waals surface area contributed by atoms with E-state index in [0.717, 1.165) is 37.3 Å². The summed E-state index contributed by atoms with van der Waals surface area (Å²) in [5.41, 5.74) is 7.24. The van der Waals surface area contributed by atoms with E-state index in [-0.39, 0.29) is 16.9 Å². The van der Waals surface area contributed by atoms with Crippen LogP contribution in [0.1, 0.15) is 41.8 Å². The SMILES string of the molecule is CN=C=S.COc1ccc2c3c1OC1c4c(c5ccccc5n4C)CC4(C)C(C2)N(C)CCC314. The number of benzene rings is 2. The Kier molecular flexibility index (Phi) is 4.77. The lowest BCUT2D eigenvalue weighted by molar-refractivity contribution is -0.0912. The quantitative estimate of drug-likeness (QED) is 0.364. The Morgan fingerprint density at radius 2 is 1.97 bits per heavy atom. The zero-order valence-electron chi connectivity index (χ0n) is 20.5. The first-order valence-corrected chi connectivity index (χ1v) is 12.4. The molecule has 2 aliphatic carbocycles. The van der Waals surface area contributed by atoms with Gasteiger partial charge in [0.15, 0.2) is 11.5 Å². The van der Waals surface area contributed by atoms with Gasteiger partial charge >= 0.3 is 0 Å². The molecule has 5 nitrogen and oxygen atoms in total. The van der Waals surface area contributed by atoms with Crippen molar-refractivity contribution in [2.24, 2.45) is 17.5 Å². The lowest BCUT2D eigenvalue weighted by atomic mass is 9.44. The number of ether oxygens (including phenoxy) is 2. The molecule has 4 unspecified atom stereocenters. The number of nitrogens with zero attached hydrogens (tertiary/aromatic N) is 3. The zero-order chi connectivity index (χ0) is 23.8. The predicted octanol–water partition coefficient (Wildman–Crippen LogP) is 5.10. The molecule has 0 N–H and O–H groups in total. The minimum Gasteiger partial charge on any atom is -0.493 e. The van der Waals surface area contributed by atoms with E-state index in [1.54, 1.807) is 14.2 Å². The van der Waals surface area contributed by atoms with Crippen LogP contribution < -0.4 is 9.47 Å². The van der Waals surface area contributed by atoms with Crippen LogP contribution in [0.2, 0.25) is 0 Å². The van der Waals surface area contributed by atoms with Gasteiger partial charge in [0.25, 0.3) is 0 Å². The number of aliphatic imine (C=N–C) groups is 1. The van der Waals surface area contributed by atoms with Crippen LogP contribution in [0.25, 0.3) is 10.9 Å². The Labute approximate surface area is 206 Å². The third-order valence-corrected chi connectivity index (χ3v) is 9.44. The molecule has 2 aliphatic heterocycles. The molecule has 2 aromatic carbocycles. The van der Waals surface area contributed by atoms with Gasteiger partial charge in [-0.1, -0.05) is 31.2 Å². The van der Waals surface area contributed by atoms with Crippen molar-refractivity contribution in [3.05, 3.63) is 58.8 Å². The first-order valence-electron chi connectivity index (χ1n) is 12.0. The number of fused-ring (bicyclic) bond motifs is 4. The van der Waals surface area contributed by atoms with E-state index in [2.05, 4.69) is 89.3 Å². The van der Waals surface area contributed by atoms with Crippen molar-refractivity contribution < 1.29 is 9.47 Å². The third-order valence-electron chi connectivity index (χ3n) is 9.26. The molecule has 7 rings (SSSR count). The second-order valence-electron chi connectivity index (χ2n) is 10.4. The van der Waals surface area contributed by atoms with Crippen LogP contribution >= 0.6 is 12.2 Å². The van der Waals surface area contributed by atoms with Crippen molar-refractivity contribution in [1.82, 2.24) is 9.47 Å². The predicted molar refractivity (Wildman–Crippen MR) is 138 cm³/mol. The van der Waals surface area contributed by atoms with Gasteiger partial charge in [0, 0.05) is 42.0 Å². The second kappa shape index (κ2) is 7.42. The van der Waals surface area contributed by atoms with Crippen LogP contribution in [-0.2, 0) is 25.3 Å². The Morgan fingerprint density at radius 3 is 2.71 bits per heavy atom. The maximum atomic E-state index is 6.97. The van der Waals surface area contributed by atoms with E-state index in [0.29, 0.717) is 6.04 Å². The van der Waals surface area contributed by atoms with Gasteiger partial charge in [-0.25, -0.2) is 4.99 Å². The molecule has 1 spiro atoms. The fourth-order valence-electron chi connectivity index (χ4n) is 7.84. The van der Waals surface area contributed by atoms with Crippen molar-refractivity contribution >= 4 is 28.3 Å². The number of rotatable bonds is 1. The van der Waals surface area contributed by atoms with Crippen molar-refractivity contribution in [2.45, 2.75) is 43.7 Å². The van der Waals surface area contributed by atoms with E-state index in [1.807, 2.05) is 0 Å². The molecule has 4 aliphatic rings. The molecule has 1 saturated heterocycles. The summed E-state index contributed by atoms with van der Waals surface area (Å²) in [6, 6.07) is 13.8. The number of isothiocyanates is 1. The summed E-state index contributed by atoms with van der Waals surface area (Å²) in [5, 5.41) is 3.53. The van der Waals surface area contributed by atoms with Crippen molar-refractivity contribution in [3.63, 3.8) is 0 Å². The third kappa shape index (κ3) is 2.44. The molecule has 1 aromatic heterocycles. The van der Waals surface area contributed by atoms with Crippen LogP contribution in [0.5, 0.6) is 11.5 Å². The highest BCUT2D eigenvalue weighted by atomic mass is 32.1. The summed E-state index contributed by atoms with van der Waals surface area (Å²) >= 11 is 4.14. The van der Waals surface area contributed by atoms with Crippen LogP contribution in [-0.4, -0.2) is 48.4 Å². The summed E-state index contributed by atoms with van der Waals surface area (Å²) in [7, 11) is 7.90. The fraction of sp³-hybridized carbons (Fsp3) is 0.464. The molecule has 34 heavy (non-hydrogen) atoms. The highest BCUT2D eigenvalue weighted by Crippen LogP contribution is 2.72. The number of aromatic nitrogens is 1. The number of thiocarbonyl (C=S) groups is 1. The summed E-state index contributed by atoms with van der Waals surface area (Å²) in [6.45, 7) is 3.67. The molecular formula is C28H31N3O2S. The highest BCUT2D eigenvalue weighted by Gasteiger charge is 2.70. The van der Waals surface area contributed by atoms with Crippen molar-refractivity contribution in [2.75, 3.05) is 27.7 Å². The van der Waals surface area contributed by atoms with Gasteiger partial charge in [0.05, 0.1) is 23.4 Å². The summed E-state index contributed by atoms with van der Waals surface area (Å²) in [6.07, 6.45) is 3.38. The number of hydrogen-bond donors (Lipinski definition) is 0. The van der Waals surface area contributed by atoms with Crippen molar-refractivity contribution in [1.29, 1.82) is 0 Å². The average Bonchev–Trinajstić information content (AvgIpc) is 3.33. The summed E-state index contributed by atoms with van der Waals surface area (Å²) in [5.74, 6) is 1.89. The first-order chi connectivity index (χ1) is 16.4. The fourth-order valence-corrected chi connectivity index (χ4v) is 7.84. The molecular weight excluding hydrogens is 442 g/mol. The van der Waals surface area contributed by atoms with E-state index in [4.69, 9.17) is 9.47 Å². The second-order valence-corrected chi connectivity index (χ2v) is 10.6. The Bertz CT molecular complexity index is 1370. The number of likely N-dealkylation sites (tertiary alicyclic amines) is 1. The molecule has 3 aromatic rings. The number of para-hydroxylation sites is 1. The molecule has 176 valence electrons. The van der Waals surface area contributed by atoms with Gasteiger partial charge in [-0.15, -0.1) is 0 Å². The average molecular weight is 474 g/mol. The van der Waals surface area contributed by atoms with Crippen LogP contribution in [0, 0.1) is 5.41 Å². The normalized spacial score (nSPS) is 29.8. The lowest BCUT2D eigenvalue weighted by Gasteiger charge is -2.64. The van der Waals surface area contributed by atoms with Crippen LogP contribution in [0.3, 0.4) is 0 Å². The van der Waals surface area contributed by atoms with Crippen molar-refractivity contribution in [3.8, 4) is 11.5 Å². The number of aryl methyl sites for hydroxylation is 1. The molecule has 1 fully saturated rings. The molecule has 0 amide bonds. The van der Waals surface area contributed by atoms with E-state index >= 15 is 0 Å². The maximum Gasteiger partial charge on any atom is 0.166 e. The van der Waals surface area contributed by atoms with Crippen LogP contribution in [0.4, 0.5) is 0 Å². The molecule has 0 radical (unpaired) electrons. The molecule has 3 heterocycles. The van der Waals surface area contributed by atoms with Gasteiger partial charge in [-0.2, -0.15) is 0 Å². The minimum atomic E-state index is 0.0107. The monoisotopic (exact) mass is 473 g/mol. The van der Waals surface area contributed by atoms with E-state index in [1.165, 1.54) is 33.3 Å². The van der Waals surface area contributed by atoms with E-state index < -0.39 is 0 Å². The summed E-state index contributed by atoms with van der Waals surface area (Å²) in [4.78, 5) is 5.92.